The molecule has 1 heterocycles. The van der Waals surface area contributed by atoms with Crippen LogP contribution in [0.2, 0.25) is 5.02 Å². The summed E-state index contributed by atoms with van der Waals surface area (Å²) < 4.78 is 0. The van der Waals surface area contributed by atoms with Crippen molar-refractivity contribution in [3.8, 4) is 0 Å². The Labute approximate surface area is 125 Å². The molecular formula is C16H9ClNO3-. The van der Waals surface area contributed by atoms with Gasteiger partial charge in [0.2, 0.25) is 0 Å². The molecule has 0 fully saturated rings. The van der Waals surface area contributed by atoms with E-state index in [1.165, 1.54) is 12.1 Å². The molecule has 0 aromatic heterocycles. The van der Waals surface area contributed by atoms with Crippen molar-refractivity contribution in [2.45, 2.75) is 0 Å². The number of carboxylic acids is 1. The molecule has 1 N–H and O–H groups in total. The highest BCUT2D eigenvalue weighted by Crippen LogP contribution is 2.34. The maximum atomic E-state index is 12.0. The molecule has 1 aliphatic rings. The van der Waals surface area contributed by atoms with Crippen LogP contribution in [0, 0.1) is 0 Å². The molecule has 4 nitrogen and oxygen atoms in total. The maximum absolute atomic E-state index is 12.0. The number of rotatable bonds is 2. The zero-order valence-corrected chi connectivity index (χ0v) is 11.5. The predicted octanol–water partition coefficient (Wildman–Crippen LogP) is 2.20. The second-order valence-corrected chi connectivity index (χ2v) is 5.05. The van der Waals surface area contributed by atoms with E-state index in [0.717, 1.165) is 11.1 Å². The van der Waals surface area contributed by atoms with Crippen molar-refractivity contribution in [3.63, 3.8) is 0 Å². The molecule has 0 radical (unpaired) electrons. The first-order valence-corrected chi connectivity index (χ1v) is 6.57. The lowest BCUT2D eigenvalue weighted by molar-refractivity contribution is -0.255. The first-order valence-electron chi connectivity index (χ1n) is 6.19. The van der Waals surface area contributed by atoms with Gasteiger partial charge in [0.05, 0.1) is 11.7 Å². The molecule has 0 bridgehead atoms. The van der Waals surface area contributed by atoms with Gasteiger partial charge in [0, 0.05) is 16.2 Å². The standard InChI is InChI=1S/C16H10ClNO3/c17-11-5-6-12-13(15(19)18-14(12)8-11)7-9-1-3-10(4-2-9)16(20)21/h1-8H,(H,18,19)(H,20,21)/p-1/b13-7-. The van der Waals surface area contributed by atoms with Crippen molar-refractivity contribution < 1.29 is 14.7 Å². The third kappa shape index (κ3) is 2.53. The number of nitrogens with one attached hydrogen (secondary N) is 1. The molecule has 104 valence electrons. The van der Waals surface area contributed by atoms with E-state index in [4.69, 9.17) is 11.6 Å². The number of aromatic carboxylic acids is 1. The van der Waals surface area contributed by atoms with Gasteiger partial charge in [0.25, 0.3) is 5.91 Å². The summed E-state index contributed by atoms with van der Waals surface area (Å²) >= 11 is 5.89. The highest BCUT2D eigenvalue weighted by molar-refractivity contribution is 6.36. The third-order valence-electron chi connectivity index (χ3n) is 3.22. The molecule has 0 saturated carbocycles. The molecule has 0 aliphatic carbocycles. The highest BCUT2D eigenvalue weighted by atomic mass is 35.5. The van der Waals surface area contributed by atoms with Crippen molar-refractivity contribution in [2.24, 2.45) is 0 Å². The van der Waals surface area contributed by atoms with E-state index < -0.39 is 5.97 Å². The molecule has 3 rings (SSSR count). The molecule has 5 heteroatoms. The summed E-state index contributed by atoms with van der Waals surface area (Å²) in [5, 5.41) is 14.0. The number of amides is 1. The quantitative estimate of drug-likeness (QED) is 0.864. The predicted molar refractivity (Wildman–Crippen MR) is 78.7 cm³/mol. The van der Waals surface area contributed by atoms with Gasteiger partial charge < -0.3 is 15.2 Å². The summed E-state index contributed by atoms with van der Waals surface area (Å²) in [5.74, 6) is -1.44. The highest BCUT2D eigenvalue weighted by Gasteiger charge is 2.23. The number of carbonyl (C=O) groups is 2. The summed E-state index contributed by atoms with van der Waals surface area (Å²) in [6.45, 7) is 0. The topological polar surface area (TPSA) is 69.2 Å². The minimum Gasteiger partial charge on any atom is -0.545 e. The van der Waals surface area contributed by atoms with Crippen LogP contribution in [0.5, 0.6) is 0 Å². The van der Waals surface area contributed by atoms with E-state index in [0.29, 0.717) is 16.3 Å². The van der Waals surface area contributed by atoms with Crippen molar-refractivity contribution in [1.29, 1.82) is 0 Å². The van der Waals surface area contributed by atoms with Crippen LogP contribution in [0.25, 0.3) is 11.6 Å². The number of hydrogen-bond acceptors (Lipinski definition) is 3. The summed E-state index contributed by atoms with van der Waals surface area (Å²) in [4.78, 5) is 22.7. The van der Waals surface area contributed by atoms with Crippen LogP contribution in [-0.4, -0.2) is 11.9 Å². The SMILES string of the molecule is O=C1Nc2cc(Cl)ccc2/C1=C/c1ccc(C(=O)[O-])cc1. The largest absolute Gasteiger partial charge is 0.545 e. The Morgan fingerprint density at radius 2 is 1.86 bits per heavy atom. The van der Waals surface area contributed by atoms with Crippen LogP contribution < -0.4 is 10.4 Å². The van der Waals surface area contributed by atoms with Crippen molar-refractivity contribution in [2.75, 3.05) is 5.32 Å². The maximum Gasteiger partial charge on any atom is 0.256 e. The summed E-state index contributed by atoms with van der Waals surface area (Å²) in [6.07, 6.45) is 1.70. The van der Waals surface area contributed by atoms with Crippen LogP contribution in [0.15, 0.2) is 42.5 Å². The van der Waals surface area contributed by atoms with Crippen LogP contribution in [0.3, 0.4) is 0 Å². The Balaban J connectivity index is 2.00. The van der Waals surface area contributed by atoms with Gasteiger partial charge in [-0.15, -0.1) is 0 Å². The van der Waals surface area contributed by atoms with E-state index >= 15 is 0 Å². The van der Waals surface area contributed by atoms with Crippen LogP contribution >= 0.6 is 11.6 Å². The minimum absolute atomic E-state index is 0.0974. The van der Waals surface area contributed by atoms with Crippen LogP contribution in [0.4, 0.5) is 5.69 Å². The fourth-order valence-electron chi connectivity index (χ4n) is 2.19. The molecule has 0 unspecified atom stereocenters. The monoisotopic (exact) mass is 298 g/mol. The summed E-state index contributed by atoms with van der Waals surface area (Å²) in [5.41, 5.74) is 2.79. The molecule has 1 aliphatic heterocycles. The smallest absolute Gasteiger partial charge is 0.256 e. The summed E-state index contributed by atoms with van der Waals surface area (Å²) in [6, 6.07) is 11.3. The van der Waals surface area contributed by atoms with E-state index in [-0.39, 0.29) is 11.5 Å². The first kappa shape index (κ1) is 13.4. The molecule has 0 saturated heterocycles. The molecule has 1 amide bonds. The average Bonchev–Trinajstić information content (AvgIpc) is 2.75. The molecule has 21 heavy (non-hydrogen) atoms. The number of anilines is 1. The number of benzene rings is 2. The second kappa shape index (κ2) is 5.07. The zero-order chi connectivity index (χ0) is 15.0. The van der Waals surface area contributed by atoms with Crippen molar-refractivity contribution in [1.82, 2.24) is 0 Å². The molecule has 0 atom stereocenters. The molecule has 2 aromatic carbocycles. The Morgan fingerprint density at radius 1 is 1.14 bits per heavy atom. The Bertz CT molecular complexity index is 779. The van der Waals surface area contributed by atoms with E-state index in [1.54, 1.807) is 36.4 Å². The number of halogens is 1. The van der Waals surface area contributed by atoms with Crippen molar-refractivity contribution in [3.05, 3.63) is 64.2 Å². The zero-order valence-electron chi connectivity index (χ0n) is 10.7. The van der Waals surface area contributed by atoms with Gasteiger partial charge in [0.15, 0.2) is 0 Å². The Morgan fingerprint density at radius 3 is 2.52 bits per heavy atom. The molecular weight excluding hydrogens is 290 g/mol. The number of fused-ring (bicyclic) bond motifs is 1. The molecule has 0 spiro atoms. The molecule has 2 aromatic rings. The lowest BCUT2D eigenvalue weighted by Crippen LogP contribution is -2.21. The fourth-order valence-corrected chi connectivity index (χ4v) is 2.36. The van der Waals surface area contributed by atoms with Gasteiger partial charge in [-0.2, -0.15) is 0 Å². The normalized spacial score (nSPS) is 14.9. The number of carbonyl (C=O) groups excluding carboxylic acids is 2. The van der Waals surface area contributed by atoms with E-state index in [2.05, 4.69) is 5.32 Å². The third-order valence-corrected chi connectivity index (χ3v) is 3.46. The van der Waals surface area contributed by atoms with Gasteiger partial charge in [-0.3, -0.25) is 4.79 Å². The van der Waals surface area contributed by atoms with Crippen molar-refractivity contribution >= 4 is 40.8 Å². The fraction of sp³-hybridized carbons (Fsp3) is 0. The lowest BCUT2D eigenvalue weighted by Gasteiger charge is -2.03. The van der Waals surface area contributed by atoms with Gasteiger partial charge in [-0.1, -0.05) is 41.9 Å². The van der Waals surface area contributed by atoms with Gasteiger partial charge in [-0.25, -0.2) is 0 Å². The number of hydrogen-bond donors (Lipinski definition) is 1. The first-order chi connectivity index (χ1) is 10.0. The van der Waals surface area contributed by atoms with Crippen LogP contribution in [0.1, 0.15) is 21.5 Å². The number of carboxylic acid groups (broad SMARTS) is 1. The van der Waals surface area contributed by atoms with E-state index in [9.17, 15) is 14.7 Å². The minimum atomic E-state index is -1.23. The lowest BCUT2D eigenvalue weighted by atomic mass is 10.0. The van der Waals surface area contributed by atoms with Gasteiger partial charge in [0.1, 0.15) is 0 Å². The summed E-state index contributed by atoms with van der Waals surface area (Å²) in [7, 11) is 0. The van der Waals surface area contributed by atoms with Gasteiger partial charge in [-0.05, 0) is 29.3 Å². The van der Waals surface area contributed by atoms with Gasteiger partial charge >= 0.3 is 0 Å². The Kier molecular flexibility index (Phi) is 3.23. The Hall–Kier alpha value is -2.59. The second-order valence-electron chi connectivity index (χ2n) is 4.61. The average molecular weight is 299 g/mol. The van der Waals surface area contributed by atoms with E-state index in [1.807, 2.05) is 0 Å². The van der Waals surface area contributed by atoms with Crippen LogP contribution in [-0.2, 0) is 4.79 Å².